The monoisotopic (exact) mass is 451 g/mol. The van der Waals surface area contributed by atoms with Crippen molar-refractivity contribution in [2.75, 3.05) is 12.8 Å². The van der Waals surface area contributed by atoms with Crippen LogP contribution in [-0.4, -0.2) is 34.5 Å². The topological polar surface area (TPSA) is 62.3 Å². The van der Waals surface area contributed by atoms with Gasteiger partial charge in [-0.15, -0.1) is 11.8 Å². The minimum Gasteiger partial charge on any atom is -0.348 e. The van der Waals surface area contributed by atoms with Gasteiger partial charge < -0.3 is 10.2 Å². The van der Waals surface area contributed by atoms with E-state index in [0.29, 0.717) is 31.6 Å². The van der Waals surface area contributed by atoms with Gasteiger partial charge in [0.15, 0.2) is 0 Å². The summed E-state index contributed by atoms with van der Waals surface area (Å²) in [5.74, 6) is 0.0680. The molecule has 0 unspecified atom stereocenters. The molecule has 1 N–H and O–H groups in total. The minimum absolute atomic E-state index is 0.0784. The molecule has 31 heavy (non-hydrogen) atoms. The highest BCUT2D eigenvalue weighted by Gasteiger charge is 2.24. The Morgan fingerprint density at radius 2 is 2.10 bits per heavy atom. The molecule has 0 aliphatic carbocycles. The van der Waals surface area contributed by atoms with Crippen LogP contribution in [0, 0.1) is 6.92 Å². The predicted molar refractivity (Wildman–Crippen MR) is 126 cm³/mol. The van der Waals surface area contributed by atoms with Crippen LogP contribution in [0.3, 0.4) is 0 Å². The lowest BCUT2D eigenvalue weighted by molar-refractivity contribution is -0.131. The minimum atomic E-state index is -0.0784. The second kappa shape index (κ2) is 9.66. The lowest BCUT2D eigenvalue weighted by Crippen LogP contribution is -2.38. The first-order valence-corrected chi connectivity index (χ1v) is 12.4. The van der Waals surface area contributed by atoms with Crippen LogP contribution in [0.25, 0.3) is 0 Å². The van der Waals surface area contributed by atoms with Crippen molar-refractivity contribution in [2.45, 2.75) is 37.8 Å². The van der Waals surface area contributed by atoms with E-state index in [1.54, 1.807) is 23.1 Å². The lowest BCUT2D eigenvalue weighted by atomic mass is 9.94. The number of aromatic nitrogens is 1. The highest BCUT2D eigenvalue weighted by molar-refractivity contribution is 7.98. The van der Waals surface area contributed by atoms with Gasteiger partial charge >= 0.3 is 0 Å². The molecule has 7 heteroatoms. The van der Waals surface area contributed by atoms with Gasteiger partial charge in [-0.05, 0) is 70.8 Å². The summed E-state index contributed by atoms with van der Waals surface area (Å²) >= 11 is 3.18. The van der Waals surface area contributed by atoms with E-state index in [-0.39, 0.29) is 11.8 Å². The summed E-state index contributed by atoms with van der Waals surface area (Å²) in [6.07, 6.45) is 5.07. The van der Waals surface area contributed by atoms with Gasteiger partial charge in [-0.1, -0.05) is 12.1 Å². The molecular weight excluding hydrogens is 426 g/mol. The Balaban J connectivity index is 1.47. The Kier molecular flexibility index (Phi) is 6.73. The zero-order valence-corrected chi connectivity index (χ0v) is 19.3. The van der Waals surface area contributed by atoms with Crippen molar-refractivity contribution in [1.29, 1.82) is 0 Å². The first-order chi connectivity index (χ1) is 15.1. The predicted octanol–water partition coefficient (Wildman–Crippen LogP) is 4.23. The van der Waals surface area contributed by atoms with E-state index < -0.39 is 0 Å². The van der Waals surface area contributed by atoms with Gasteiger partial charge in [-0.25, -0.2) is 0 Å². The van der Waals surface area contributed by atoms with Crippen LogP contribution in [0.4, 0.5) is 0 Å². The van der Waals surface area contributed by atoms with Crippen LogP contribution < -0.4 is 5.32 Å². The zero-order chi connectivity index (χ0) is 21.8. The van der Waals surface area contributed by atoms with Crippen LogP contribution in [0.2, 0.25) is 0 Å². The third kappa shape index (κ3) is 4.83. The molecule has 0 atom stereocenters. The van der Waals surface area contributed by atoms with Gasteiger partial charge in [0, 0.05) is 36.4 Å². The molecule has 0 saturated carbocycles. The summed E-state index contributed by atoms with van der Waals surface area (Å²) in [5, 5.41) is 7.10. The maximum atomic E-state index is 12.8. The number of benzene rings is 1. The standard InChI is InChI=1S/C24H25N3O2S2/c1-16-21(13-26-24(29)20-5-3-4-6-22(20)30-2)19-7-9-27(14-18(19)12-25-16)23(28)11-17-8-10-31-15-17/h3-6,8,10,12,15H,7,9,11,13-14H2,1-2H3,(H,26,29). The molecule has 3 aromatic rings. The number of carbonyl (C=O) groups excluding carboxylic acids is 2. The number of hydrogen-bond donors (Lipinski definition) is 1. The van der Waals surface area contributed by atoms with E-state index in [0.717, 1.165) is 33.7 Å². The van der Waals surface area contributed by atoms with Crippen LogP contribution in [0.5, 0.6) is 0 Å². The molecule has 2 amide bonds. The number of thiophene rings is 1. The maximum absolute atomic E-state index is 12.8. The van der Waals surface area contributed by atoms with E-state index in [2.05, 4.69) is 10.3 Å². The number of amides is 2. The second-order valence-electron chi connectivity index (χ2n) is 7.58. The molecule has 4 rings (SSSR count). The Morgan fingerprint density at radius 3 is 2.87 bits per heavy atom. The number of nitrogens with one attached hydrogen (secondary N) is 1. The second-order valence-corrected chi connectivity index (χ2v) is 9.21. The zero-order valence-electron chi connectivity index (χ0n) is 17.7. The van der Waals surface area contributed by atoms with Crippen molar-refractivity contribution < 1.29 is 9.59 Å². The molecule has 0 bridgehead atoms. The van der Waals surface area contributed by atoms with Crippen molar-refractivity contribution in [2.24, 2.45) is 0 Å². The molecule has 160 valence electrons. The molecule has 5 nitrogen and oxygen atoms in total. The van der Waals surface area contributed by atoms with Crippen molar-refractivity contribution in [3.63, 3.8) is 0 Å². The molecule has 1 aliphatic rings. The van der Waals surface area contributed by atoms with Crippen molar-refractivity contribution in [3.05, 3.63) is 80.8 Å². The largest absolute Gasteiger partial charge is 0.348 e. The van der Waals surface area contributed by atoms with Crippen molar-refractivity contribution in [3.8, 4) is 0 Å². The third-order valence-corrected chi connectivity index (χ3v) is 7.19. The SMILES string of the molecule is CSc1ccccc1C(=O)NCc1c(C)ncc2c1CCN(C(=O)Cc1ccsc1)C2. The molecule has 0 saturated heterocycles. The van der Waals surface area contributed by atoms with Gasteiger partial charge in [0.2, 0.25) is 5.91 Å². The molecule has 0 radical (unpaired) electrons. The van der Waals surface area contributed by atoms with E-state index in [1.165, 1.54) is 5.56 Å². The van der Waals surface area contributed by atoms with E-state index >= 15 is 0 Å². The Bertz CT molecular complexity index is 1100. The number of thioether (sulfide) groups is 1. The average Bonchev–Trinajstić information content (AvgIpc) is 3.30. The fourth-order valence-electron chi connectivity index (χ4n) is 3.95. The van der Waals surface area contributed by atoms with Gasteiger partial charge in [0.25, 0.3) is 5.91 Å². The Hall–Kier alpha value is -2.64. The van der Waals surface area contributed by atoms with Crippen LogP contribution >= 0.6 is 23.1 Å². The molecule has 1 aromatic carbocycles. The summed E-state index contributed by atoms with van der Waals surface area (Å²) in [4.78, 5) is 32.9. The number of pyridine rings is 1. The van der Waals surface area contributed by atoms with Crippen LogP contribution in [0.1, 0.15) is 38.3 Å². The molecule has 3 heterocycles. The first kappa shape index (κ1) is 21.6. The molecule has 2 aromatic heterocycles. The first-order valence-electron chi connectivity index (χ1n) is 10.2. The summed E-state index contributed by atoms with van der Waals surface area (Å²) in [7, 11) is 0. The maximum Gasteiger partial charge on any atom is 0.252 e. The van der Waals surface area contributed by atoms with Crippen molar-refractivity contribution in [1.82, 2.24) is 15.2 Å². The van der Waals surface area contributed by atoms with Crippen LogP contribution in [0.15, 0.2) is 52.2 Å². The number of aryl methyl sites for hydroxylation is 1. The molecule has 0 fully saturated rings. The Morgan fingerprint density at radius 1 is 1.26 bits per heavy atom. The number of carbonyl (C=O) groups is 2. The van der Waals surface area contributed by atoms with Crippen molar-refractivity contribution >= 4 is 34.9 Å². The highest BCUT2D eigenvalue weighted by atomic mass is 32.2. The summed E-state index contributed by atoms with van der Waals surface area (Å²) in [6, 6.07) is 9.63. The summed E-state index contributed by atoms with van der Waals surface area (Å²) in [5.41, 5.74) is 6.04. The third-order valence-electron chi connectivity index (χ3n) is 5.66. The smallest absolute Gasteiger partial charge is 0.252 e. The summed E-state index contributed by atoms with van der Waals surface area (Å²) < 4.78 is 0. The molecular formula is C24H25N3O2S2. The fourth-order valence-corrected chi connectivity index (χ4v) is 5.21. The highest BCUT2D eigenvalue weighted by Crippen LogP contribution is 2.25. The van der Waals surface area contributed by atoms with Crippen LogP contribution in [-0.2, 0) is 30.7 Å². The van der Waals surface area contributed by atoms with E-state index in [9.17, 15) is 9.59 Å². The van der Waals surface area contributed by atoms with Gasteiger partial charge in [-0.3, -0.25) is 14.6 Å². The Labute approximate surface area is 190 Å². The number of rotatable bonds is 6. The summed E-state index contributed by atoms with van der Waals surface area (Å²) in [6.45, 7) is 3.68. The fraction of sp³-hybridized carbons (Fsp3) is 0.292. The van der Waals surface area contributed by atoms with E-state index in [4.69, 9.17) is 0 Å². The van der Waals surface area contributed by atoms with E-state index in [1.807, 2.05) is 65.4 Å². The average molecular weight is 452 g/mol. The molecule has 0 spiro atoms. The number of nitrogens with zero attached hydrogens (tertiary/aromatic N) is 2. The van der Waals surface area contributed by atoms with Gasteiger partial charge in [0.1, 0.15) is 0 Å². The van der Waals surface area contributed by atoms with Gasteiger partial charge in [0.05, 0.1) is 12.0 Å². The van der Waals surface area contributed by atoms with Gasteiger partial charge in [-0.2, -0.15) is 11.3 Å². The molecule has 1 aliphatic heterocycles. The normalized spacial score (nSPS) is 13.0. The number of fused-ring (bicyclic) bond motifs is 1. The number of hydrogen-bond acceptors (Lipinski definition) is 5. The quantitative estimate of drug-likeness (QED) is 0.570. The lowest BCUT2D eigenvalue weighted by Gasteiger charge is -2.30.